The number of carbonyl (C=O) groups excluding carboxylic acids is 2. The first-order valence-electron chi connectivity index (χ1n) is 11.5. The lowest BCUT2D eigenvalue weighted by molar-refractivity contribution is 0.0277. The zero-order chi connectivity index (χ0) is 24.0. The van der Waals surface area contributed by atoms with Gasteiger partial charge in [-0.25, -0.2) is 8.78 Å². The second kappa shape index (κ2) is 8.53. The van der Waals surface area contributed by atoms with Crippen molar-refractivity contribution in [3.63, 3.8) is 0 Å². The molecule has 0 bridgehead atoms. The first-order valence-corrected chi connectivity index (χ1v) is 11.5. The maximum absolute atomic E-state index is 14.2. The quantitative estimate of drug-likeness (QED) is 0.531. The zero-order valence-corrected chi connectivity index (χ0v) is 19.3. The Morgan fingerprint density at radius 2 is 1.38 bits per heavy atom. The third-order valence-electron chi connectivity index (χ3n) is 6.96. The van der Waals surface area contributed by atoms with Crippen LogP contribution < -0.4 is 0 Å². The highest BCUT2D eigenvalue weighted by Crippen LogP contribution is 2.43. The van der Waals surface area contributed by atoms with Crippen LogP contribution in [-0.2, 0) is 12.1 Å². The fraction of sp³-hybridized carbons (Fsp3) is 0.286. The predicted octanol–water partition coefficient (Wildman–Crippen LogP) is 4.67. The van der Waals surface area contributed by atoms with E-state index in [1.54, 1.807) is 24.3 Å². The Hall–Kier alpha value is -3.22. The summed E-state index contributed by atoms with van der Waals surface area (Å²) in [7, 11) is 0. The van der Waals surface area contributed by atoms with Crippen molar-refractivity contribution in [1.29, 1.82) is 0 Å². The molecule has 0 amide bonds. The summed E-state index contributed by atoms with van der Waals surface area (Å²) in [5, 5.41) is 0. The van der Waals surface area contributed by atoms with Crippen molar-refractivity contribution in [1.82, 2.24) is 9.80 Å². The number of rotatable bonds is 4. The minimum atomic E-state index is -1.41. The molecule has 2 aliphatic rings. The molecule has 0 spiro atoms. The van der Waals surface area contributed by atoms with Gasteiger partial charge in [0.15, 0.2) is 17.1 Å². The Labute approximate surface area is 197 Å². The molecule has 34 heavy (non-hydrogen) atoms. The van der Waals surface area contributed by atoms with Crippen molar-refractivity contribution in [3.05, 3.63) is 106 Å². The summed E-state index contributed by atoms with van der Waals surface area (Å²) in [6, 6.07) is 16.4. The van der Waals surface area contributed by atoms with Crippen molar-refractivity contribution in [3.8, 4) is 0 Å². The van der Waals surface area contributed by atoms with Gasteiger partial charge in [0, 0.05) is 49.4 Å². The number of ketones is 2. The van der Waals surface area contributed by atoms with E-state index in [0.717, 1.165) is 23.3 Å². The molecule has 6 heteroatoms. The molecule has 3 aromatic rings. The van der Waals surface area contributed by atoms with Crippen molar-refractivity contribution < 1.29 is 18.4 Å². The topological polar surface area (TPSA) is 40.6 Å². The molecule has 1 fully saturated rings. The van der Waals surface area contributed by atoms with Gasteiger partial charge in [0.25, 0.3) is 0 Å². The number of aryl methyl sites for hydroxylation is 2. The largest absolute Gasteiger partial charge is 0.296 e. The van der Waals surface area contributed by atoms with Gasteiger partial charge < -0.3 is 0 Å². The maximum atomic E-state index is 14.2. The van der Waals surface area contributed by atoms with Crippen molar-refractivity contribution in [2.75, 3.05) is 26.2 Å². The molecule has 5 rings (SSSR count). The van der Waals surface area contributed by atoms with Gasteiger partial charge in [-0.15, -0.1) is 0 Å². The molecule has 1 aliphatic heterocycles. The Kier molecular flexibility index (Phi) is 5.66. The van der Waals surface area contributed by atoms with E-state index in [1.807, 2.05) is 41.8 Å². The Morgan fingerprint density at radius 1 is 0.794 bits per heavy atom. The van der Waals surface area contributed by atoms with E-state index < -0.39 is 17.2 Å². The molecule has 0 saturated carbocycles. The summed E-state index contributed by atoms with van der Waals surface area (Å²) >= 11 is 0. The standard InChI is InChI=1S/C28H26F2N2O2/c1-18-13-19(2)15-21(14-18)28(26(33)23-5-3-4-6-24(23)27(28)34)32-11-9-31(10-12-32)17-20-16-22(29)7-8-25(20)30/h3-8,13-16H,9-12,17H2,1-2H3. The smallest absolute Gasteiger partial charge is 0.196 e. The van der Waals surface area contributed by atoms with Crippen LogP contribution in [0.5, 0.6) is 0 Å². The van der Waals surface area contributed by atoms with Crippen LogP contribution in [0.15, 0.2) is 60.7 Å². The lowest BCUT2D eigenvalue weighted by atomic mass is 9.81. The highest BCUT2D eigenvalue weighted by molar-refractivity contribution is 6.32. The van der Waals surface area contributed by atoms with Crippen LogP contribution in [0.4, 0.5) is 8.78 Å². The van der Waals surface area contributed by atoms with E-state index in [-0.39, 0.29) is 18.1 Å². The summed E-state index contributed by atoms with van der Waals surface area (Å²) in [5.74, 6) is -1.29. The zero-order valence-electron chi connectivity index (χ0n) is 19.3. The number of hydrogen-bond donors (Lipinski definition) is 0. The van der Waals surface area contributed by atoms with Crippen LogP contribution in [-0.4, -0.2) is 47.5 Å². The maximum Gasteiger partial charge on any atom is 0.196 e. The average molecular weight is 461 g/mol. The molecule has 1 aliphatic carbocycles. The van der Waals surface area contributed by atoms with Gasteiger partial charge in [0.1, 0.15) is 11.6 Å². The molecular weight excluding hydrogens is 434 g/mol. The highest BCUT2D eigenvalue weighted by atomic mass is 19.1. The minimum absolute atomic E-state index is 0.192. The third-order valence-corrected chi connectivity index (χ3v) is 6.96. The summed E-state index contributed by atoms with van der Waals surface area (Å²) in [6.07, 6.45) is 0. The molecule has 1 heterocycles. The second-order valence-corrected chi connectivity index (χ2v) is 9.29. The van der Waals surface area contributed by atoms with E-state index in [1.165, 1.54) is 6.07 Å². The molecule has 0 radical (unpaired) electrons. The average Bonchev–Trinajstić information content (AvgIpc) is 3.04. The van der Waals surface area contributed by atoms with Crippen LogP contribution in [0, 0.1) is 25.5 Å². The predicted molar refractivity (Wildman–Crippen MR) is 126 cm³/mol. The van der Waals surface area contributed by atoms with Crippen molar-refractivity contribution >= 4 is 11.6 Å². The van der Waals surface area contributed by atoms with E-state index in [9.17, 15) is 18.4 Å². The molecule has 4 nitrogen and oxygen atoms in total. The normalized spacial score (nSPS) is 18.4. The van der Waals surface area contributed by atoms with Crippen molar-refractivity contribution in [2.24, 2.45) is 0 Å². The highest BCUT2D eigenvalue weighted by Gasteiger charge is 2.58. The fourth-order valence-corrected chi connectivity index (χ4v) is 5.43. The Morgan fingerprint density at radius 3 is 1.97 bits per heavy atom. The van der Waals surface area contributed by atoms with E-state index in [2.05, 4.69) is 0 Å². The first kappa shape index (κ1) is 22.6. The van der Waals surface area contributed by atoms with Crippen LogP contribution in [0.3, 0.4) is 0 Å². The Bertz CT molecular complexity index is 1240. The lowest BCUT2D eigenvalue weighted by Crippen LogP contribution is -2.60. The number of benzene rings is 3. The number of hydrogen-bond acceptors (Lipinski definition) is 4. The van der Waals surface area contributed by atoms with Crippen LogP contribution in [0.2, 0.25) is 0 Å². The molecule has 1 saturated heterocycles. The lowest BCUT2D eigenvalue weighted by Gasteiger charge is -2.44. The van der Waals surface area contributed by atoms with Gasteiger partial charge in [-0.2, -0.15) is 0 Å². The third kappa shape index (κ3) is 3.58. The van der Waals surface area contributed by atoms with E-state index >= 15 is 0 Å². The Balaban J connectivity index is 1.49. The van der Waals surface area contributed by atoms with E-state index in [4.69, 9.17) is 0 Å². The number of piperazine rings is 1. The van der Waals surface area contributed by atoms with Gasteiger partial charge in [-0.1, -0.05) is 53.6 Å². The molecule has 0 atom stereocenters. The van der Waals surface area contributed by atoms with Gasteiger partial charge in [0.05, 0.1) is 0 Å². The summed E-state index contributed by atoms with van der Waals surface area (Å²) in [4.78, 5) is 31.9. The molecule has 0 N–H and O–H groups in total. The number of Topliss-reactive ketones (excluding diaryl/α,β-unsaturated/α-hetero) is 2. The number of fused-ring (bicyclic) bond motifs is 1. The number of nitrogens with zero attached hydrogens (tertiary/aromatic N) is 2. The summed E-state index contributed by atoms with van der Waals surface area (Å²) < 4.78 is 27.8. The van der Waals surface area contributed by atoms with E-state index in [0.29, 0.717) is 48.4 Å². The van der Waals surface area contributed by atoms with Crippen LogP contribution in [0.1, 0.15) is 43.0 Å². The first-order chi connectivity index (χ1) is 16.3. The second-order valence-electron chi connectivity index (χ2n) is 9.29. The summed E-state index contributed by atoms with van der Waals surface area (Å²) in [5.41, 5.74) is 2.49. The van der Waals surface area contributed by atoms with Gasteiger partial charge in [0.2, 0.25) is 0 Å². The minimum Gasteiger partial charge on any atom is -0.296 e. The van der Waals surface area contributed by atoms with Gasteiger partial charge in [-0.05, 0) is 37.6 Å². The van der Waals surface area contributed by atoms with Crippen LogP contribution >= 0.6 is 0 Å². The number of carbonyl (C=O) groups is 2. The van der Waals surface area contributed by atoms with Gasteiger partial charge >= 0.3 is 0 Å². The molecule has 3 aromatic carbocycles. The summed E-state index contributed by atoms with van der Waals surface area (Å²) in [6.45, 7) is 6.17. The molecule has 0 aromatic heterocycles. The molecule has 0 unspecified atom stereocenters. The number of halogens is 2. The van der Waals surface area contributed by atoms with Gasteiger partial charge in [-0.3, -0.25) is 19.4 Å². The monoisotopic (exact) mass is 460 g/mol. The molecular formula is C28H26F2N2O2. The SMILES string of the molecule is Cc1cc(C)cc(C2(N3CCN(Cc4cc(F)ccc4F)CC3)C(=O)c3ccccc3C2=O)c1. The van der Waals surface area contributed by atoms with Crippen molar-refractivity contribution in [2.45, 2.75) is 25.9 Å². The molecule has 174 valence electrons. The van der Waals surface area contributed by atoms with Crippen LogP contribution in [0.25, 0.3) is 0 Å². The fourth-order valence-electron chi connectivity index (χ4n) is 5.43.